The first-order valence-electron chi connectivity index (χ1n) is 5.02. The monoisotopic (exact) mass is 205 g/mol. The molecule has 4 aliphatic rings. The highest BCUT2D eigenvalue weighted by Gasteiger charge is 2.48. The summed E-state index contributed by atoms with van der Waals surface area (Å²) in [6.45, 7) is 0. The Hall–Kier alpha value is 0.210. The van der Waals surface area contributed by atoms with Crippen LogP contribution in [0.25, 0.3) is 0 Å². The Morgan fingerprint density at radius 1 is 0.846 bits per heavy atom. The first kappa shape index (κ1) is 11.3. The minimum Gasteiger partial charge on any atom is -0.412 e. The van der Waals surface area contributed by atoms with E-state index in [-0.39, 0.29) is 17.9 Å². The number of rotatable bonds is 0. The smallest absolute Gasteiger partial charge is 0.0162 e. The molecule has 0 amide bonds. The molecule has 13 heavy (non-hydrogen) atoms. The predicted octanol–water partition coefficient (Wildman–Crippen LogP) is 1.51. The van der Waals surface area contributed by atoms with Crippen LogP contribution in [0.1, 0.15) is 38.5 Å². The lowest BCUT2D eigenvalue weighted by molar-refractivity contribution is 0.000365. The molecule has 0 spiro atoms. The highest BCUT2D eigenvalue weighted by atomic mass is 35.5. The lowest BCUT2D eigenvalue weighted by Gasteiger charge is -2.55. The fraction of sp³-hybridized carbons (Fsp3) is 1.00. The molecule has 4 saturated carbocycles. The van der Waals surface area contributed by atoms with Crippen molar-refractivity contribution < 1.29 is 5.48 Å². The van der Waals surface area contributed by atoms with E-state index in [2.05, 4.69) is 0 Å². The number of nitrogens with two attached hydrogens (primary N) is 1. The van der Waals surface area contributed by atoms with Crippen molar-refractivity contribution in [3.05, 3.63) is 0 Å². The van der Waals surface area contributed by atoms with Crippen molar-refractivity contribution >= 4 is 12.4 Å². The third-order valence-electron chi connectivity index (χ3n) is 4.09. The average Bonchev–Trinajstić information content (AvgIpc) is 1.79. The highest BCUT2D eigenvalue weighted by Crippen LogP contribution is 2.54. The Morgan fingerprint density at radius 2 is 1.15 bits per heavy atom. The van der Waals surface area contributed by atoms with Crippen LogP contribution in [0.3, 0.4) is 0 Å². The van der Waals surface area contributed by atoms with Crippen LogP contribution in [0.15, 0.2) is 0 Å². The van der Waals surface area contributed by atoms with E-state index >= 15 is 0 Å². The molecular formula is C10H20ClNO. The Morgan fingerprint density at radius 3 is 1.38 bits per heavy atom. The van der Waals surface area contributed by atoms with Crippen molar-refractivity contribution in [3.63, 3.8) is 0 Å². The molecule has 4 N–H and O–H groups in total. The Kier molecular flexibility index (Phi) is 2.96. The molecule has 4 fully saturated rings. The molecule has 0 aliphatic heterocycles. The summed E-state index contributed by atoms with van der Waals surface area (Å²) in [5.41, 5.74) is 6.62. The molecule has 4 aliphatic carbocycles. The van der Waals surface area contributed by atoms with E-state index in [0.717, 1.165) is 17.8 Å². The zero-order valence-electron chi connectivity index (χ0n) is 7.96. The van der Waals surface area contributed by atoms with Crippen LogP contribution in [0.2, 0.25) is 0 Å². The molecule has 4 rings (SSSR count). The summed E-state index contributed by atoms with van der Waals surface area (Å²) >= 11 is 0. The van der Waals surface area contributed by atoms with Gasteiger partial charge in [0.25, 0.3) is 0 Å². The second-order valence-corrected chi connectivity index (χ2v) is 5.28. The molecule has 0 radical (unpaired) electrons. The molecule has 0 heterocycles. The Labute approximate surface area is 86.0 Å². The maximum Gasteiger partial charge on any atom is 0.0162 e. The maximum absolute atomic E-state index is 6.32. The van der Waals surface area contributed by atoms with Gasteiger partial charge in [-0.25, -0.2) is 0 Å². The Bertz CT molecular complexity index is 160. The van der Waals surface area contributed by atoms with Crippen LogP contribution in [-0.2, 0) is 0 Å². The van der Waals surface area contributed by atoms with Crippen LogP contribution in [0, 0.1) is 17.8 Å². The minimum absolute atomic E-state index is 0. The molecule has 78 valence electrons. The van der Waals surface area contributed by atoms with Crippen molar-refractivity contribution in [2.75, 3.05) is 0 Å². The van der Waals surface area contributed by atoms with E-state index in [9.17, 15) is 0 Å². The topological polar surface area (TPSA) is 57.5 Å². The predicted molar refractivity (Wildman–Crippen MR) is 56.0 cm³/mol. The van der Waals surface area contributed by atoms with Gasteiger partial charge in [-0.15, -0.1) is 12.4 Å². The number of halogens is 1. The van der Waals surface area contributed by atoms with E-state index in [1.54, 1.807) is 0 Å². The summed E-state index contributed by atoms with van der Waals surface area (Å²) in [6, 6.07) is 0. The lowest BCUT2D eigenvalue weighted by Crippen LogP contribution is -2.55. The first-order valence-corrected chi connectivity index (χ1v) is 5.02. The quantitative estimate of drug-likeness (QED) is 0.641. The van der Waals surface area contributed by atoms with Gasteiger partial charge in [-0.1, -0.05) is 0 Å². The molecular weight excluding hydrogens is 186 g/mol. The molecule has 3 heteroatoms. The second-order valence-electron chi connectivity index (χ2n) is 5.28. The molecule has 4 bridgehead atoms. The van der Waals surface area contributed by atoms with Gasteiger partial charge in [0.05, 0.1) is 0 Å². The second kappa shape index (κ2) is 3.41. The van der Waals surface area contributed by atoms with Crippen LogP contribution < -0.4 is 5.73 Å². The summed E-state index contributed by atoms with van der Waals surface area (Å²) in [5, 5.41) is 0. The van der Waals surface area contributed by atoms with E-state index < -0.39 is 0 Å². The molecule has 0 aromatic heterocycles. The third kappa shape index (κ3) is 1.72. The zero-order chi connectivity index (χ0) is 7.47. The summed E-state index contributed by atoms with van der Waals surface area (Å²) in [5.74, 6) is 3.06. The van der Waals surface area contributed by atoms with Gasteiger partial charge in [-0.3, -0.25) is 0 Å². The maximum atomic E-state index is 6.32. The fourth-order valence-corrected chi connectivity index (χ4v) is 4.18. The van der Waals surface area contributed by atoms with Crippen LogP contribution in [0.5, 0.6) is 0 Å². The van der Waals surface area contributed by atoms with Gasteiger partial charge < -0.3 is 11.2 Å². The third-order valence-corrected chi connectivity index (χ3v) is 4.09. The normalized spacial score (nSPS) is 51.0. The summed E-state index contributed by atoms with van der Waals surface area (Å²) in [4.78, 5) is 0. The molecule has 0 aromatic rings. The van der Waals surface area contributed by atoms with Crippen molar-refractivity contribution in [2.24, 2.45) is 23.5 Å². The Balaban J connectivity index is 0.000000422. The average molecular weight is 206 g/mol. The summed E-state index contributed by atoms with van der Waals surface area (Å²) in [7, 11) is 0. The van der Waals surface area contributed by atoms with E-state index in [1.165, 1.54) is 38.5 Å². The lowest BCUT2D eigenvalue weighted by atomic mass is 9.53. The van der Waals surface area contributed by atoms with Gasteiger partial charge >= 0.3 is 0 Å². The van der Waals surface area contributed by atoms with Crippen molar-refractivity contribution in [3.8, 4) is 0 Å². The van der Waals surface area contributed by atoms with Gasteiger partial charge in [-0.05, 0) is 56.3 Å². The van der Waals surface area contributed by atoms with Crippen molar-refractivity contribution in [1.82, 2.24) is 0 Å². The largest absolute Gasteiger partial charge is 0.412 e. The van der Waals surface area contributed by atoms with Crippen LogP contribution in [-0.4, -0.2) is 11.0 Å². The van der Waals surface area contributed by atoms with Crippen molar-refractivity contribution in [2.45, 2.75) is 44.1 Å². The summed E-state index contributed by atoms with van der Waals surface area (Å²) in [6.07, 6.45) is 8.57. The highest BCUT2D eigenvalue weighted by molar-refractivity contribution is 5.85. The van der Waals surface area contributed by atoms with Crippen LogP contribution in [0.4, 0.5) is 0 Å². The van der Waals surface area contributed by atoms with Gasteiger partial charge in [0, 0.05) is 5.54 Å². The molecule has 0 atom stereocenters. The fourth-order valence-electron chi connectivity index (χ4n) is 4.18. The number of hydrogen-bond acceptors (Lipinski definition) is 1. The van der Waals surface area contributed by atoms with Crippen molar-refractivity contribution in [1.29, 1.82) is 0 Å². The van der Waals surface area contributed by atoms with E-state index in [4.69, 9.17) is 5.73 Å². The van der Waals surface area contributed by atoms with Gasteiger partial charge in [0.2, 0.25) is 0 Å². The molecule has 0 saturated heterocycles. The van der Waals surface area contributed by atoms with Gasteiger partial charge in [-0.2, -0.15) is 0 Å². The molecule has 2 nitrogen and oxygen atoms in total. The van der Waals surface area contributed by atoms with E-state index in [0.29, 0.717) is 5.54 Å². The SMILES string of the molecule is Cl.NC12CC3CC(CC(C3)C1)C2.O. The summed E-state index contributed by atoms with van der Waals surface area (Å²) < 4.78 is 0. The minimum atomic E-state index is 0. The van der Waals surface area contributed by atoms with E-state index in [1.807, 2.05) is 0 Å². The first-order chi connectivity index (χ1) is 5.23. The number of hydrogen-bond donors (Lipinski definition) is 1. The van der Waals surface area contributed by atoms with Gasteiger partial charge in [0.1, 0.15) is 0 Å². The standard InChI is InChI=1S/C10H17N.ClH.H2O/c11-10-4-7-1-8(5-10)3-9(2-7)6-10;;/h7-9H,1-6,11H2;1H;1H2. The van der Waals surface area contributed by atoms with Gasteiger partial charge in [0.15, 0.2) is 0 Å². The zero-order valence-corrected chi connectivity index (χ0v) is 8.78. The van der Waals surface area contributed by atoms with Crippen LogP contribution >= 0.6 is 12.4 Å². The molecule has 0 aromatic carbocycles. The molecule has 0 unspecified atom stereocenters.